The Morgan fingerprint density at radius 2 is 2.07 bits per heavy atom. The van der Waals surface area contributed by atoms with Gasteiger partial charge in [-0.3, -0.25) is 4.90 Å². The van der Waals surface area contributed by atoms with E-state index in [1.165, 1.54) is 0 Å². The van der Waals surface area contributed by atoms with Crippen LogP contribution in [0.1, 0.15) is 40.5 Å². The van der Waals surface area contributed by atoms with E-state index in [2.05, 4.69) is 0 Å². The van der Waals surface area contributed by atoms with Crippen molar-refractivity contribution >= 4 is 6.09 Å². The normalized spacial score (nSPS) is 27.9. The largest absolute Gasteiger partial charge is 0.444 e. The SMILES string of the molecule is CC(C)(C)OC(=O)N1CCC[C@]1(C)N. The maximum Gasteiger partial charge on any atom is 0.411 e. The van der Waals surface area contributed by atoms with Crippen molar-refractivity contribution < 1.29 is 9.53 Å². The van der Waals surface area contributed by atoms with Crippen LogP contribution in [0.25, 0.3) is 0 Å². The first kappa shape index (κ1) is 11.3. The Bertz CT molecular complexity index is 231. The topological polar surface area (TPSA) is 55.6 Å². The lowest BCUT2D eigenvalue weighted by molar-refractivity contribution is 0.0117. The quantitative estimate of drug-likeness (QED) is 0.647. The van der Waals surface area contributed by atoms with Gasteiger partial charge in [0, 0.05) is 6.54 Å². The lowest BCUT2D eigenvalue weighted by Gasteiger charge is -2.33. The molecule has 1 rings (SSSR count). The molecule has 1 atom stereocenters. The van der Waals surface area contributed by atoms with Crippen molar-refractivity contribution in [3.63, 3.8) is 0 Å². The van der Waals surface area contributed by atoms with E-state index >= 15 is 0 Å². The molecule has 0 aromatic rings. The van der Waals surface area contributed by atoms with Crippen LogP contribution in [0, 0.1) is 0 Å². The van der Waals surface area contributed by atoms with Gasteiger partial charge in [0.2, 0.25) is 0 Å². The molecule has 14 heavy (non-hydrogen) atoms. The summed E-state index contributed by atoms with van der Waals surface area (Å²) >= 11 is 0. The third-order valence-corrected chi connectivity index (χ3v) is 2.30. The van der Waals surface area contributed by atoms with Gasteiger partial charge in [0.05, 0.1) is 5.66 Å². The smallest absolute Gasteiger partial charge is 0.411 e. The first-order valence-corrected chi connectivity index (χ1v) is 5.02. The summed E-state index contributed by atoms with van der Waals surface area (Å²) in [5.74, 6) is 0. The molecule has 0 radical (unpaired) electrons. The molecule has 0 aliphatic carbocycles. The number of carbonyl (C=O) groups excluding carboxylic acids is 1. The predicted octanol–water partition coefficient (Wildman–Crippen LogP) is 1.69. The highest BCUT2D eigenvalue weighted by Crippen LogP contribution is 2.25. The average Bonchev–Trinajstić information content (AvgIpc) is 2.25. The second-order valence-corrected chi connectivity index (χ2v) is 5.09. The van der Waals surface area contributed by atoms with Crippen LogP contribution in [-0.4, -0.2) is 28.8 Å². The highest BCUT2D eigenvalue weighted by molar-refractivity contribution is 5.69. The van der Waals surface area contributed by atoms with Gasteiger partial charge in [0.1, 0.15) is 5.60 Å². The summed E-state index contributed by atoms with van der Waals surface area (Å²) in [7, 11) is 0. The average molecular weight is 200 g/mol. The number of likely N-dealkylation sites (tertiary alicyclic amines) is 1. The number of nitrogens with zero attached hydrogens (tertiary/aromatic N) is 1. The minimum absolute atomic E-state index is 0.306. The van der Waals surface area contributed by atoms with Crippen molar-refractivity contribution in [2.24, 2.45) is 5.73 Å². The molecule has 4 heteroatoms. The lowest BCUT2D eigenvalue weighted by atomic mass is 10.1. The van der Waals surface area contributed by atoms with E-state index in [9.17, 15) is 4.79 Å². The van der Waals surface area contributed by atoms with Crippen molar-refractivity contribution in [2.75, 3.05) is 6.54 Å². The van der Waals surface area contributed by atoms with Gasteiger partial charge in [-0.1, -0.05) is 0 Å². The standard InChI is InChI=1S/C10H20N2O2/c1-9(2,3)14-8(13)12-7-5-6-10(12,4)11/h5-7,11H2,1-4H3/t10-/m1/s1. The van der Waals surface area contributed by atoms with Crippen LogP contribution in [0.15, 0.2) is 0 Å². The Morgan fingerprint density at radius 1 is 1.50 bits per heavy atom. The summed E-state index contributed by atoms with van der Waals surface area (Å²) < 4.78 is 5.26. The number of hydrogen-bond donors (Lipinski definition) is 1. The molecule has 1 aliphatic rings. The molecule has 1 amide bonds. The van der Waals surface area contributed by atoms with Gasteiger partial charge in [0.25, 0.3) is 0 Å². The molecule has 4 nitrogen and oxygen atoms in total. The van der Waals surface area contributed by atoms with Crippen molar-refractivity contribution in [1.82, 2.24) is 4.90 Å². The van der Waals surface area contributed by atoms with Gasteiger partial charge in [-0.25, -0.2) is 4.79 Å². The fourth-order valence-electron chi connectivity index (χ4n) is 1.60. The monoisotopic (exact) mass is 200 g/mol. The molecule has 0 bridgehead atoms. The molecule has 1 fully saturated rings. The van der Waals surface area contributed by atoms with E-state index in [-0.39, 0.29) is 6.09 Å². The highest BCUT2D eigenvalue weighted by Gasteiger charge is 2.38. The summed E-state index contributed by atoms with van der Waals surface area (Å²) in [6.07, 6.45) is 1.48. The second kappa shape index (κ2) is 3.42. The Labute approximate surface area is 85.4 Å². The Hall–Kier alpha value is -0.770. The van der Waals surface area contributed by atoms with E-state index < -0.39 is 11.3 Å². The van der Waals surface area contributed by atoms with Gasteiger partial charge >= 0.3 is 6.09 Å². The molecule has 0 unspecified atom stereocenters. The Balaban J connectivity index is 2.62. The molecular formula is C10H20N2O2. The van der Waals surface area contributed by atoms with Gasteiger partial charge in [-0.05, 0) is 40.5 Å². The molecule has 2 N–H and O–H groups in total. The summed E-state index contributed by atoms with van der Waals surface area (Å²) in [6.45, 7) is 8.13. The number of hydrogen-bond acceptors (Lipinski definition) is 3. The molecule has 1 saturated heterocycles. The third kappa shape index (κ3) is 2.61. The third-order valence-electron chi connectivity index (χ3n) is 2.30. The zero-order chi connectivity index (χ0) is 11.0. The summed E-state index contributed by atoms with van der Waals surface area (Å²) in [5.41, 5.74) is 4.98. The molecule has 1 aliphatic heterocycles. The number of amides is 1. The molecule has 0 spiro atoms. The van der Waals surface area contributed by atoms with Gasteiger partial charge in [-0.15, -0.1) is 0 Å². The minimum Gasteiger partial charge on any atom is -0.444 e. The van der Waals surface area contributed by atoms with E-state index in [0.29, 0.717) is 6.54 Å². The second-order valence-electron chi connectivity index (χ2n) is 5.09. The fourth-order valence-corrected chi connectivity index (χ4v) is 1.60. The summed E-state index contributed by atoms with van der Waals surface area (Å²) in [4.78, 5) is 13.3. The maximum atomic E-state index is 11.7. The number of rotatable bonds is 0. The van der Waals surface area contributed by atoms with Crippen molar-refractivity contribution in [2.45, 2.75) is 51.8 Å². The van der Waals surface area contributed by atoms with Crippen molar-refractivity contribution in [1.29, 1.82) is 0 Å². The van der Waals surface area contributed by atoms with Crippen LogP contribution in [0.3, 0.4) is 0 Å². The fraction of sp³-hybridized carbons (Fsp3) is 0.900. The lowest BCUT2D eigenvalue weighted by Crippen LogP contribution is -2.53. The van der Waals surface area contributed by atoms with E-state index in [1.807, 2.05) is 27.7 Å². The molecule has 0 aromatic carbocycles. The van der Waals surface area contributed by atoms with Crippen LogP contribution >= 0.6 is 0 Å². The first-order valence-electron chi connectivity index (χ1n) is 5.02. The van der Waals surface area contributed by atoms with Crippen LogP contribution in [-0.2, 0) is 4.74 Å². The molecule has 0 aromatic heterocycles. The minimum atomic E-state index is -0.539. The summed E-state index contributed by atoms with van der Waals surface area (Å²) in [5, 5.41) is 0. The molecule has 0 saturated carbocycles. The Morgan fingerprint density at radius 3 is 2.43 bits per heavy atom. The van der Waals surface area contributed by atoms with Gasteiger partial charge in [0.15, 0.2) is 0 Å². The van der Waals surface area contributed by atoms with Crippen LogP contribution in [0.4, 0.5) is 4.79 Å². The summed E-state index contributed by atoms with van der Waals surface area (Å²) in [6, 6.07) is 0. The van der Waals surface area contributed by atoms with Crippen molar-refractivity contribution in [3.8, 4) is 0 Å². The highest BCUT2D eigenvalue weighted by atomic mass is 16.6. The van der Waals surface area contributed by atoms with Crippen LogP contribution in [0.2, 0.25) is 0 Å². The van der Waals surface area contributed by atoms with Crippen LogP contribution < -0.4 is 5.73 Å². The molecule has 82 valence electrons. The van der Waals surface area contributed by atoms with E-state index in [0.717, 1.165) is 12.8 Å². The molecule has 1 heterocycles. The number of ether oxygens (including phenoxy) is 1. The molecular weight excluding hydrogens is 180 g/mol. The zero-order valence-electron chi connectivity index (χ0n) is 9.46. The Kier molecular flexibility index (Phi) is 2.76. The van der Waals surface area contributed by atoms with Gasteiger partial charge < -0.3 is 10.5 Å². The maximum absolute atomic E-state index is 11.7. The first-order chi connectivity index (χ1) is 6.22. The van der Waals surface area contributed by atoms with E-state index in [1.54, 1.807) is 4.90 Å². The number of carbonyl (C=O) groups is 1. The van der Waals surface area contributed by atoms with Crippen LogP contribution in [0.5, 0.6) is 0 Å². The zero-order valence-corrected chi connectivity index (χ0v) is 9.46. The van der Waals surface area contributed by atoms with Gasteiger partial charge in [-0.2, -0.15) is 0 Å². The van der Waals surface area contributed by atoms with Crippen molar-refractivity contribution in [3.05, 3.63) is 0 Å². The van der Waals surface area contributed by atoms with E-state index in [4.69, 9.17) is 10.5 Å². The number of nitrogens with two attached hydrogens (primary N) is 1. The predicted molar refractivity (Wildman–Crippen MR) is 54.8 cm³/mol.